The van der Waals surface area contributed by atoms with E-state index < -0.39 is 0 Å². The van der Waals surface area contributed by atoms with E-state index in [2.05, 4.69) is 12.2 Å². The Morgan fingerprint density at radius 1 is 1.26 bits per heavy atom. The van der Waals surface area contributed by atoms with Gasteiger partial charge in [-0.3, -0.25) is 0 Å². The Morgan fingerprint density at radius 2 is 2.00 bits per heavy atom. The van der Waals surface area contributed by atoms with Crippen molar-refractivity contribution in [3.8, 4) is 0 Å². The largest absolute Gasteiger partial charge is 0.394 e. The molecule has 1 unspecified atom stereocenters. The van der Waals surface area contributed by atoms with Crippen molar-refractivity contribution in [3.05, 3.63) is 0 Å². The maximum Gasteiger partial charge on any atom is 0.0703 e. The summed E-state index contributed by atoms with van der Waals surface area (Å²) in [5.41, 5.74) is -0.0983. The molecule has 0 saturated heterocycles. The smallest absolute Gasteiger partial charge is 0.0703 e. The van der Waals surface area contributed by atoms with Crippen LogP contribution in [0.5, 0.6) is 0 Å². The number of hydrogen-bond donors (Lipinski definition) is 2. The molecule has 1 atom stereocenters. The number of aliphatic hydroxyl groups excluding tert-OH is 1. The minimum absolute atomic E-state index is 0.0983. The second kappa shape index (κ2) is 8.90. The summed E-state index contributed by atoms with van der Waals surface area (Å²) in [6.45, 7) is 8.49. The Balaban J connectivity index is 2.07. The summed E-state index contributed by atoms with van der Waals surface area (Å²) in [6.07, 6.45) is 5.71. The molecule has 4 nitrogen and oxygen atoms in total. The third-order valence-corrected chi connectivity index (χ3v) is 3.69. The Hall–Kier alpha value is -0.160. The molecule has 2 N–H and O–H groups in total. The van der Waals surface area contributed by atoms with Gasteiger partial charge in [0.15, 0.2) is 0 Å². The highest BCUT2D eigenvalue weighted by Gasteiger charge is 2.33. The number of aliphatic hydroxyl groups is 1. The molecule has 0 aliphatic heterocycles. The standard InChI is InChI=1S/C15H31NO3/c1-4-15(12-17,16-14-6-7-14)8-5-9-18-10-11-19-13(2)3/h13-14,16-17H,4-12H2,1-3H3. The van der Waals surface area contributed by atoms with Gasteiger partial charge in [0, 0.05) is 18.2 Å². The van der Waals surface area contributed by atoms with Crippen LogP contribution < -0.4 is 5.32 Å². The van der Waals surface area contributed by atoms with Crippen molar-refractivity contribution in [3.63, 3.8) is 0 Å². The second-order valence-electron chi connectivity index (χ2n) is 5.85. The molecule has 0 aromatic heterocycles. The van der Waals surface area contributed by atoms with E-state index in [0.717, 1.165) is 25.9 Å². The van der Waals surface area contributed by atoms with E-state index >= 15 is 0 Å². The van der Waals surface area contributed by atoms with Crippen LogP contribution in [0.4, 0.5) is 0 Å². The van der Waals surface area contributed by atoms with Crippen LogP contribution in [0.15, 0.2) is 0 Å². The second-order valence-corrected chi connectivity index (χ2v) is 5.85. The quantitative estimate of drug-likeness (QED) is 0.535. The molecule has 0 amide bonds. The van der Waals surface area contributed by atoms with E-state index in [4.69, 9.17) is 9.47 Å². The summed E-state index contributed by atoms with van der Waals surface area (Å²) in [5, 5.41) is 13.2. The number of hydrogen-bond acceptors (Lipinski definition) is 4. The molecule has 0 bridgehead atoms. The van der Waals surface area contributed by atoms with E-state index in [0.29, 0.717) is 19.3 Å². The molecule has 1 aliphatic carbocycles. The van der Waals surface area contributed by atoms with Crippen molar-refractivity contribution in [1.82, 2.24) is 5.32 Å². The maximum atomic E-state index is 9.63. The van der Waals surface area contributed by atoms with E-state index in [9.17, 15) is 5.11 Å². The van der Waals surface area contributed by atoms with Crippen LogP contribution in [-0.4, -0.2) is 49.2 Å². The molecule has 4 heteroatoms. The Kier molecular flexibility index (Phi) is 7.91. The highest BCUT2D eigenvalue weighted by molar-refractivity contribution is 4.94. The lowest BCUT2D eigenvalue weighted by molar-refractivity contribution is 0.0162. The minimum atomic E-state index is -0.0983. The Morgan fingerprint density at radius 3 is 2.53 bits per heavy atom. The zero-order valence-corrected chi connectivity index (χ0v) is 12.8. The van der Waals surface area contributed by atoms with E-state index in [1.165, 1.54) is 12.8 Å². The Bertz CT molecular complexity index is 225. The molecule has 0 aromatic carbocycles. The van der Waals surface area contributed by atoms with Crippen LogP contribution in [0.3, 0.4) is 0 Å². The molecule has 1 saturated carbocycles. The fourth-order valence-electron chi connectivity index (χ4n) is 2.21. The van der Waals surface area contributed by atoms with E-state index in [1.807, 2.05) is 13.8 Å². The normalized spacial score (nSPS) is 18.8. The first-order valence-corrected chi connectivity index (χ1v) is 7.70. The Labute approximate surface area is 117 Å². The van der Waals surface area contributed by atoms with Crippen LogP contribution in [0.1, 0.15) is 52.9 Å². The van der Waals surface area contributed by atoms with E-state index in [-0.39, 0.29) is 18.2 Å². The van der Waals surface area contributed by atoms with Crippen molar-refractivity contribution in [2.24, 2.45) is 0 Å². The van der Waals surface area contributed by atoms with Gasteiger partial charge in [0.25, 0.3) is 0 Å². The highest BCUT2D eigenvalue weighted by Crippen LogP contribution is 2.26. The first kappa shape index (κ1) is 16.9. The summed E-state index contributed by atoms with van der Waals surface area (Å²) in [5.74, 6) is 0. The number of nitrogens with one attached hydrogen (secondary N) is 1. The lowest BCUT2D eigenvalue weighted by atomic mass is 9.91. The van der Waals surface area contributed by atoms with Crippen LogP contribution in [0.2, 0.25) is 0 Å². The maximum absolute atomic E-state index is 9.63. The van der Waals surface area contributed by atoms with Crippen LogP contribution in [0, 0.1) is 0 Å². The van der Waals surface area contributed by atoms with Gasteiger partial charge in [0.1, 0.15) is 0 Å². The average Bonchev–Trinajstić information content (AvgIpc) is 3.19. The van der Waals surface area contributed by atoms with Crippen molar-refractivity contribution in [1.29, 1.82) is 0 Å². The lowest BCUT2D eigenvalue weighted by Crippen LogP contribution is -2.49. The minimum Gasteiger partial charge on any atom is -0.394 e. The molecule has 1 fully saturated rings. The fraction of sp³-hybridized carbons (Fsp3) is 1.00. The first-order chi connectivity index (χ1) is 9.12. The molecular weight excluding hydrogens is 242 g/mol. The van der Waals surface area contributed by atoms with Gasteiger partial charge < -0.3 is 19.9 Å². The monoisotopic (exact) mass is 273 g/mol. The molecule has 114 valence electrons. The van der Waals surface area contributed by atoms with Gasteiger partial charge in [0.2, 0.25) is 0 Å². The molecule has 19 heavy (non-hydrogen) atoms. The SMILES string of the molecule is CCC(CO)(CCCOCCOC(C)C)NC1CC1. The van der Waals surface area contributed by atoms with Gasteiger partial charge in [-0.15, -0.1) is 0 Å². The molecule has 1 aliphatic rings. The average molecular weight is 273 g/mol. The first-order valence-electron chi connectivity index (χ1n) is 7.70. The third kappa shape index (κ3) is 7.25. The molecule has 0 heterocycles. The van der Waals surface area contributed by atoms with Crippen LogP contribution in [-0.2, 0) is 9.47 Å². The van der Waals surface area contributed by atoms with Gasteiger partial charge in [-0.1, -0.05) is 6.92 Å². The van der Waals surface area contributed by atoms with Gasteiger partial charge in [-0.05, 0) is 46.0 Å². The van der Waals surface area contributed by atoms with Crippen molar-refractivity contribution in [2.75, 3.05) is 26.4 Å². The van der Waals surface area contributed by atoms with Gasteiger partial charge in [-0.25, -0.2) is 0 Å². The van der Waals surface area contributed by atoms with Gasteiger partial charge in [-0.2, -0.15) is 0 Å². The molecule has 1 rings (SSSR count). The van der Waals surface area contributed by atoms with Crippen molar-refractivity contribution in [2.45, 2.75) is 70.6 Å². The summed E-state index contributed by atoms with van der Waals surface area (Å²) < 4.78 is 11.0. The predicted molar refractivity (Wildman–Crippen MR) is 77.4 cm³/mol. The van der Waals surface area contributed by atoms with Crippen LogP contribution >= 0.6 is 0 Å². The topological polar surface area (TPSA) is 50.7 Å². The zero-order valence-electron chi connectivity index (χ0n) is 12.8. The molecular formula is C15H31NO3. The number of ether oxygens (including phenoxy) is 2. The summed E-state index contributed by atoms with van der Waals surface area (Å²) in [7, 11) is 0. The van der Waals surface area contributed by atoms with E-state index in [1.54, 1.807) is 0 Å². The summed E-state index contributed by atoms with van der Waals surface area (Å²) >= 11 is 0. The number of rotatable bonds is 12. The fourth-order valence-corrected chi connectivity index (χ4v) is 2.21. The molecule has 0 spiro atoms. The summed E-state index contributed by atoms with van der Waals surface area (Å²) in [4.78, 5) is 0. The molecule has 0 radical (unpaired) electrons. The highest BCUT2D eigenvalue weighted by atomic mass is 16.5. The van der Waals surface area contributed by atoms with Gasteiger partial charge >= 0.3 is 0 Å². The zero-order chi connectivity index (χ0) is 14.1. The van der Waals surface area contributed by atoms with Crippen molar-refractivity contribution >= 4 is 0 Å². The third-order valence-electron chi connectivity index (χ3n) is 3.69. The van der Waals surface area contributed by atoms with Gasteiger partial charge in [0.05, 0.1) is 25.9 Å². The van der Waals surface area contributed by atoms with Crippen LogP contribution in [0.25, 0.3) is 0 Å². The lowest BCUT2D eigenvalue weighted by Gasteiger charge is -2.32. The summed E-state index contributed by atoms with van der Waals surface area (Å²) in [6, 6.07) is 0.632. The molecule has 0 aromatic rings. The van der Waals surface area contributed by atoms with Crippen molar-refractivity contribution < 1.29 is 14.6 Å². The predicted octanol–water partition coefficient (Wildman–Crippen LogP) is 2.10.